The van der Waals surface area contributed by atoms with Crippen LogP contribution in [0.4, 0.5) is 4.79 Å². The van der Waals surface area contributed by atoms with Crippen LogP contribution in [0, 0.1) is 0 Å². The Kier molecular flexibility index (Phi) is 7.14. The molecule has 1 amide bonds. The zero-order valence-corrected chi connectivity index (χ0v) is 19.4. The maximum absolute atomic E-state index is 11.9. The Morgan fingerprint density at radius 2 is 1.83 bits per heavy atom. The van der Waals surface area contributed by atoms with Gasteiger partial charge in [-0.15, -0.1) is 0 Å². The zero-order valence-electron chi connectivity index (χ0n) is 18.6. The summed E-state index contributed by atoms with van der Waals surface area (Å²) < 4.78 is 11.3. The van der Waals surface area contributed by atoms with Gasteiger partial charge in [-0.3, -0.25) is 0 Å². The average molecular weight is 422 g/mol. The molecular formula is C22H33BClNO4. The summed E-state index contributed by atoms with van der Waals surface area (Å²) in [5.74, 6) is 0. The number of amides is 1. The van der Waals surface area contributed by atoms with Crippen molar-refractivity contribution in [3.05, 3.63) is 33.9 Å². The highest BCUT2D eigenvalue weighted by atomic mass is 35.5. The Balaban J connectivity index is 2.09. The highest BCUT2D eigenvalue weighted by molar-refractivity contribution is 6.48. The quantitative estimate of drug-likeness (QED) is 0.687. The van der Waals surface area contributed by atoms with E-state index in [0.717, 1.165) is 40.0 Å². The topological polar surface area (TPSA) is 67.8 Å². The van der Waals surface area contributed by atoms with Crippen LogP contribution >= 0.6 is 11.6 Å². The molecule has 1 aromatic carbocycles. The molecule has 0 bridgehead atoms. The van der Waals surface area contributed by atoms with E-state index in [1.54, 1.807) is 13.8 Å². The normalized spacial score (nSPS) is 14.7. The molecule has 29 heavy (non-hydrogen) atoms. The third kappa shape index (κ3) is 6.76. The lowest BCUT2D eigenvalue weighted by molar-refractivity contribution is -0.0893. The van der Waals surface area contributed by atoms with Gasteiger partial charge in [-0.25, -0.2) is 4.79 Å². The second-order valence-corrected chi connectivity index (χ2v) is 10.1. The molecule has 160 valence electrons. The van der Waals surface area contributed by atoms with E-state index in [1.807, 2.05) is 40.7 Å². The second-order valence-electron chi connectivity index (χ2n) is 9.66. The molecule has 0 atom stereocenters. The van der Waals surface area contributed by atoms with Gasteiger partial charge in [-0.1, -0.05) is 34.8 Å². The molecule has 1 aromatic rings. The summed E-state index contributed by atoms with van der Waals surface area (Å²) >= 11 is 6.51. The lowest BCUT2D eigenvalue weighted by Gasteiger charge is -2.37. The highest BCUT2D eigenvalue weighted by Gasteiger charge is 2.35. The summed E-state index contributed by atoms with van der Waals surface area (Å²) in [6.07, 6.45) is 3.32. The fourth-order valence-corrected chi connectivity index (χ4v) is 3.19. The molecule has 0 spiro atoms. The van der Waals surface area contributed by atoms with E-state index in [1.165, 1.54) is 0 Å². The minimum absolute atomic E-state index is 0.351. The van der Waals surface area contributed by atoms with E-state index < -0.39 is 22.9 Å². The van der Waals surface area contributed by atoms with Gasteiger partial charge in [0.25, 0.3) is 0 Å². The minimum atomic E-state index is -0.967. The largest absolute Gasteiger partial charge is 0.444 e. The molecule has 2 N–H and O–H groups in total. The maximum Gasteiger partial charge on any atom is 0.407 e. The molecule has 1 aliphatic carbocycles. The molecule has 0 radical (unpaired) electrons. The highest BCUT2D eigenvalue weighted by Crippen LogP contribution is 2.29. The molecule has 7 heteroatoms. The third-order valence-electron chi connectivity index (χ3n) is 5.28. The van der Waals surface area contributed by atoms with E-state index >= 15 is 0 Å². The van der Waals surface area contributed by atoms with Gasteiger partial charge in [-0.2, -0.15) is 0 Å². The van der Waals surface area contributed by atoms with Gasteiger partial charge in [0.05, 0.1) is 11.2 Å². The number of rotatable bonds is 6. The second kappa shape index (κ2) is 8.70. The zero-order chi connectivity index (χ0) is 22.0. The van der Waals surface area contributed by atoms with Crippen LogP contribution in [0.3, 0.4) is 0 Å². The van der Waals surface area contributed by atoms with E-state index in [9.17, 15) is 9.90 Å². The lowest BCUT2D eigenvalue weighted by atomic mass is 9.80. The summed E-state index contributed by atoms with van der Waals surface area (Å²) in [4.78, 5) is 11.9. The predicted molar refractivity (Wildman–Crippen MR) is 120 cm³/mol. The van der Waals surface area contributed by atoms with Crippen molar-refractivity contribution in [1.29, 1.82) is 0 Å². The minimum Gasteiger partial charge on any atom is -0.444 e. The number of nitrogens with one attached hydrogen (secondary N) is 1. The number of alkyl carbamates (subject to hydrolysis) is 1. The van der Waals surface area contributed by atoms with Gasteiger partial charge < -0.3 is 19.8 Å². The number of hydrogen-bond acceptors (Lipinski definition) is 4. The standard InChI is InChI=1S/C22H33BClNO4/c1-20(2,3)28-19(26)25-13-14-8-9-17-15(10-14)11-16(12-18(17)24)23-29-22(6,7)21(4,5)27/h10-12,23,27H,8-9,13H2,1-7H3,(H,25,26). The molecule has 0 fully saturated rings. The number of carbonyl (C=O) groups is 1. The van der Waals surface area contributed by atoms with E-state index in [2.05, 4.69) is 17.5 Å². The smallest absolute Gasteiger partial charge is 0.407 e. The van der Waals surface area contributed by atoms with Crippen LogP contribution in [-0.2, 0) is 15.8 Å². The van der Waals surface area contributed by atoms with Crippen molar-refractivity contribution in [1.82, 2.24) is 5.32 Å². The van der Waals surface area contributed by atoms with Gasteiger partial charge in [0.1, 0.15) is 5.60 Å². The predicted octanol–water partition coefficient (Wildman–Crippen LogP) is 3.74. The molecule has 0 saturated carbocycles. The Morgan fingerprint density at radius 3 is 2.41 bits per heavy atom. The Hall–Kier alpha value is -1.50. The molecule has 0 saturated heterocycles. The van der Waals surface area contributed by atoms with Gasteiger partial charge in [0, 0.05) is 11.6 Å². The SMILES string of the molecule is CC(C)(C)OC(=O)NCC1=Cc2cc(BOC(C)(C)C(C)(C)O)cc(Cl)c2CC1. The van der Waals surface area contributed by atoms with Gasteiger partial charge >= 0.3 is 13.6 Å². The Morgan fingerprint density at radius 1 is 1.17 bits per heavy atom. The van der Waals surface area contributed by atoms with Gasteiger partial charge in [-0.05, 0) is 78.5 Å². The van der Waals surface area contributed by atoms with Crippen molar-refractivity contribution in [3.8, 4) is 0 Å². The van der Waals surface area contributed by atoms with E-state index in [-0.39, 0.29) is 0 Å². The molecule has 5 nitrogen and oxygen atoms in total. The first-order valence-electron chi connectivity index (χ1n) is 10.0. The first-order valence-corrected chi connectivity index (χ1v) is 10.4. The number of aliphatic hydroxyl groups is 1. The summed E-state index contributed by atoms with van der Waals surface area (Å²) in [7, 11) is 0.351. The maximum atomic E-state index is 11.9. The van der Waals surface area contributed by atoms with Crippen molar-refractivity contribution >= 4 is 36.7 Å². The molecule has 2 rings (SSSR count). The average Bonchev–Trinajstić information content (AvgIpc) is 2.55. The molecule has 1 aliphatic rings. The first kappa shape index (κ1) is 23.8. The molecular weight excluding hydrogens is 389 g/mol. The number of carbonyl (C=O) groups excluding carboxylic acids is 1. The molecule has 0 heterocycles. The summed E-state index contributed by atoms with van der Waals surface area (Å²) in [5.41, 5.74) is 2.04. The molecule has 0 aromatic heterocycles. The summed E-state index contributed by atoms with van der Waals surface area (Å²) in [5, 5.41) is 13.8. The van der Waals surface area contributed by atoms with E-state index in [0.29, 0.717) is 14.0 Å². The fraction of sp³-hybridized carbons (Fsp3) is 0.591. The van der Waals surface area contributed by atoms with Crippen molar-refractivity contribution in [2.45, 2.75) is 78.1 Å². The molecule has 0 aliphatic heterocycles. The number of hydrogen-bond donors (Lipinski definition) is 2. The van der Waals surface area contributed by atoms with Crippen molar-refractivity contribution < 1.29 is 19.3 Å². The number of benzene rings is 1. The summed E-state index contributed by atoms with van der Waals surface area (Å²) in [6, 6.07) is 3.99. The van der Waals surface area contributed by atoms with Gasteiger partial charge in [0.15, 0.2) is 0 Å². The number of halogens is 1. The van der Waals surface area contributed by atoms with Crippen LogP contribution in [0.5, 0.6) is 0 Å². The number of ether oxygens (including phenoxy) is 1. The van der Waals surface area contributed by atoms with Crippen LogP contribution in [0.2, 0.25) is 5.02 Å². The van der Waals surface area contributed by atoms with Crippen molar-refractivity contribution in [3.63, 3.8) is 0 Å². The Bertz CT molecular complexity index is 791. The van der Waals surface area contributed by atoms with Gasteiger partial charge in [0.2, 0.25) is 0 Å². The third-order valence-corrected chi connectivity index (χ3v) is 5.61. The number of fused-ring (bicyclic) bond motifs is 1. The van der Waals surface area contributed by atoms with Crippen molar-refractivity contribution in [2.75, 3.05) is 6.54 Å². The fourth-order valence-electron chi connectivity index (χ4n) is 2.85. The lowest BCUT2D eigenvalue weighted by Crippen LogP contribution is -2.49. The van der Waals surface area contributed by atoms with Crippen LogP contribution in [-0.4, -0.2) is 42.0 Å². The molecule has 0 unspecified atom stereocenters. The first-order chi connectivity index (χ1) is 13.2. The Labute approximate surface area is 180 Å². The van der Waals surface area contributed by atoms with Crippen LogP contribution in [0.1, 0.15) is 66.0 Å². The van der Waals surface area contributed by atoms with Crippen LogP contribution in [0.15, 0.2) is 17.7 Å². The van der Waals surface area contributed by atoms with Crippen molar-refractivity contribution in [2.24, 2.45) is 0 Å². The van der Waals surface area contributed by atoms with E-state index in [4.69, 9.17) is 21.0 Å². The summed E-state index contributed by atoms with van der Waals surface area (Å²) in [6.45, 7) is 13.2. The van der Waals surface area contributed by atoms with Crippen LogP contribution < -0.4 is 10.8 Å². The monoisotopic (exact) mass is 421 g/mol. The van der Waals surface area contributed by atoms with Crippen LogP contribution in [0.25, 0.3) is 6.08 Å².